The third-order valence-electron chi connectivity index (χ3n) is 3.39. The summed E-state index contributed by atoms with van der Waals surface area (Å²) in [6.45, 7) is 9.03. The summed E-state index contributed by atoms with van der Waals surface area (Å²) in [5, 5.41) is 0. The molecule has 0 aromatic heterocycles. The van der Waals surface area contributed by atoms with Crippen molar-refractivity contribution in [2.24, 2.45) is 0 Å². The quantitative estimate of drug-likeness (QED) is 0.622. The monoisotopic (exact) mass is 189 g/mol. The van der Waals surface area contributed by atoms with Gasteiger partial charge in [0.25, 0.3) is 0 Å². The highest BCUT2D eigenvalue weighted by Crippen LogP contribution is 2.48. The normalized spacial score (nSPS) is 23.6. The molecule has 1 unspecified atom stereocenters. The van der Waals surface area contributed by atoms with Crippen LogP contribution in [-0.4, -0.2) is 0 Å². The maximum Gasteiger partial charge on any atom is 0.0354 e. The largest absolute Gasteiger partial charge is 0.398 e. The lowest BCUT2D eigenvalue weighted by Crippen LogP contribution is -2.12. The highest BCUT2D eigenvalue weighted by molar-refractivity contribution is 5.59. The van der Waals surface area contributed by atoms with Crippen LogP contribution in [0.3, 0.4) is 0 Å². The number of fused-ring (bicyclic) bond motifs is 1. The Morgan fingerprint density at radius 1 is 1.36 bits per heavy atom. The van der Waals surface area contributed by atoms with Gasteiger partial charge in [-0.2, -0.15) is 0 Å². The van der Waals surface area contributed by atoms with E-state index in [0.29, 0.717) is 11.3 Å². The fourth-order valence-corrected chi connectivity index (χ4v) is 2.91. The lowest BCUT2D eigenvalue weighted by atomic mass is 9.85. The predicted octanol–water partition coefficient (Wildman–Crippen LogP) is 3.36. The number of hydrogen-bond donors (Lipinski definition) is 1. The van der Waals surface area contributed by atoms with Crippen molar-refractivity contribution in [2.45, 2.75) is 45.4 Å². The Hall–Kier alpha value is -0.980. The number of nitrogen functional groups attached to an aromatic ring is 1. The summed E-state index contributed by atoms with van der Waals surface area (Å²) in [6, 6.07) is 4.39. The molecule has 14 heavy (non-hydrogen) atoms. The van der Waals surface area contributed by atoms with Crippen LogP contribution in [0.1, 0.15) is 49.8 Å². The Morgan fingerprint density at radius 2 is 2.00 bits per heavy atom. The standard InChI is InChI=1S/C13H19N/c1-8-5-10-12(11(14)6-8)9(2)7-13(10,3)4/h5-6,9H,7,14H2,1-4H3. The second kappa shape index (κ2) is 2.75. The van der Waals surface area contributed by atoms with Crippen LogP contribution in [0.15, 0.2) is 12.1 Å². The number of benzene rings is 1. The Bertz CT molecular complexity index is 377. The van der Waals surface area contributed by atoms with E-state index < -0.39 is 0 Å². The van der Waals surface area contributed by atoms with Crippen molar-refractivity contribution in [1.29, 1.82) is 0 Å². The first-order valence-electron chi connectivity index (χ1n) is 5.32. The van der Waals surface area contributed by atoms with Crippen molar-refractivity contribution in [1.82, 2.24) is 0 Å². The van der Waals surface area contributed by atoms with Crippen LogP contribution in [0.4, 0.5) is 5.69 Å². The van der Waals surface area contributed by atoms with Crippen LogP contribution in [-0.2, 0) is 5.41 Å². The SMILES string of the molecule is Cc1cc(N)c2c(c1)C(C)(C)CC2C. The topological polar surface area (TPSA) is 26.0 Å². The van der Waals surface area contributed by atoms with Gasteiger partial charge in [-0.15, -0.1) is 0 Å². The molecular weight excluding hydrogens is 170 g/mol. The Morgan fingerprint density at radius 3 is 2.64 bits per heavy atom. The average molecular weight is 189 g/mol. The van der Waals surface area contributed by atoms with Gasteiger partial charge < -0.3 is 5.73 Å². The molecule has 2 N–H and O–H groups in total. The second-order valence-corrected chi connectivity index (χ2v) is 5.30. The van der Waals surface area contributed by atoms with Gasteiger partial charge in [-0.05, 0) is 47.4 Å². The molecule has 0 amide bonds. The summed E-state index contributed by atoms with van der Waals surface area (Å²) in [6.07, 6.45) is 1.22. The summed E-state index contributed by atoms with van der Waals surface area (Å²) in [5.74, 6) is 0.612. The fraction of sp³-hybridized carbons (Fsp3) is 0.538. The molecule has 0 saturated heterocycles. The molecule has 0 radical (unpaired) electrons. The van der Waals surface area contributed by atoms with Crippen molar-refractivity contribution in [3.05, 3.63) is 28.8 Å². The third-order valence-corrected chi connectivity index (χ3v) is 3.39. The van der Waals surface area contributed by atoms with E-state index in [9.17, 15) is 0 Å². The van der Waals surface area contributed by atoms with Gasteiger partial charge in [0.15, 0.2) is 0 Å². The van der Waals surface area contributed by atoms with E-state index in [1.54, 1.807) is 0 Å². The van der Waals surface area contributed by atoms with E-state index in [1.165, 1.54) is 23.1 Å². The molecule has 1 aliphatic carbocycles. The van der Waals surface area contributed by atoms with Gasteiger partial charge in [0.05, 0.1) is 0 Å². The van der Waals surface area contributed by atoms with Crippen molar-refractivity contribution >= 4 is 5.69 Å². The fourth-order valence-electron chi connectivity index (χ4n) is 2.91. The molecule has 76 valence electrons. The molecule has 0 saturated carbocycles. The van der Waals surface area contributed by atoms with Crippen molar-refractivity contribution in [2.75, 3.05) is 5.73 Å². The molecule has 0 bridgehead atoms. The van der Waals surface area contributed by atoms with E-state index >= 15 is 0 Å². The molecule has 0 fully saturated rings. The first kappa shape index (κ1) is 9.57. The minimum Gasteiger partial charge on any atom is -0.398 e. The lowest BCUT2D eigenvalue weighted by Gasteiger charge is -2.19. The first-order chi connectivity index (χ1) is 6.42. The van der Waals surface area contributed by atoms with Crippen molar-refractivity contribution < 1.29 is 0 Å². The molecular formula is C13H19N. The lowest BCUT2D eigenvalue weighted by molar-refractivity contribution is 0.489. The predicted molar refractivity (Wildman–Crippen MR) is 61.6 cm³/mol. The Kier molecular flexibility index (Phi) is 1.88. The van der Waals surface area contributed by atoms with Crippen LogP contribution in [0, 0.1) is 6.92 Å². The number of rotatable bonds is 0. The summed E-state index contributed by atoms with van der Waals surface area (Å²) >= 11 is 0. The molecule has 1 heteroatoms. The summed E-state index contributed by atoms with van der Waals surface area (Å²) in [5.41, 5.74) is 11.5. The maximum atomic E-state index is 6.08. The number of aryl methyl sites for hydroxylation is 1. The van der Waals surface area contributed by atoms with Crippen LogP contribution < -0.4 is 5.73 Å². The van der Waals surface area contributed by atoms with Crippen molar-refractivity contribution in [3.8, 4) is 0 Å². The van der Waals surface area contributed by atoms with Crippen LogP contribution in [0.2, 0.25) is 0 Å². The van der Waals surface area contributed by atoms with Gasteiger partial charge in [0, 0.05) is 5.69 Å². The first-order valence-corrected chi connectivity index (χ1v) is 5.32. The molecule has 2 rings (SSSR count). The zero-order valence-corrected chi connectivity index (χ0v) is 9.52. The van der Waals surface area contributed by atoms with Crippen molar-refractivity contribution in [3.63, 3.8) is 0 Å². The smallest absolute Gasteiger partial charge is 0.0354 e. The minimum absolute atomic E-state index is 0.300. The van der Waals surface area contributed by atoms with Gasteiger partial charge in [-0.25, -0.2) is 0 Å². The molecule has 1 nitrogen and oxygen atoms in total. The van der Waals surface area contributed by atoms with E-state index in [1.807, 2.05) is 0 Å². The van der Waals surface area contributed by atoms with Gasteiger partial charge in [0.1, 0.15) is 0 Å². The van der Waals surface area contributed by atoms with E-state index in [-0.39, 0.29) is 0 Å². The molecule has 1 aromatic rings. The van der Waals surface area contributed by atoms with E-state index in [2.05, 4.69) is 39.8 Å². The molecule has 0 aliphatic heterocycles. The summed E-state index contributed by atoms with van der Waals surface area (Å²) in [4.78, 5) is 0. The summed E-state index contributed by atoms with van der Waals surface area (Å²) in [7, 11) is 0. The maximum absolute atomic E-state index is 6.08. The highest BCUT2D eigenvalue weighted by Gasteiger charge is 2.35. The Labute approximate surface area is 86.3 Å². The number of hydrogen-bond acceptors (Lipinski definition) is 1. The number of nitrogens with two attached hydrogens (primary N) is 1. The highest BCUT2D eigenvalue weighted by atomic mass is 14.6. The second-order valence-electron chi connectivity index (χ2n) is 5.30. The summed E-state index contributed by atoms with van der Waals surface area (Å²) < 4.78 is 0. The van der Waals surface area contributed by atoms with Crippen LogP contribution in [0.5, 0.6) is 0 Å². The van der Waals surface area contributed by atoms with Gasteiger partial charge in [0.2, 0.25) is 0 Å². The minimum atomic E-state index is 0.300. The van der Waals surface area contributed by atoms with Crippen LogP contribution in [0.25, 0.3) is 0 Å². The van der Waals surface area contributed by atoms with Gasteiger partial charge in [-0.3, -0.25) is 0 Å². The van der Waals surface area contributed by atoms with Gasteiger partial charge >= 0.3 is 0 Å². The van der Waals surface area contributed by atoms with Crippen LogP contribution >= 0.6 is 0 Å². The zero-order valence-electron chi connectivity index (χ0n) is 9.52. The Balaban J connectivity index is 2.69. The molecule has 1 aliphatic rings. The third kappa shape index (κ3) is 1.23. The molecule has 1 atom stereocenters. The average Bonchev–Trinajstić information content (AvgIpc) is 2.21. The molecule has 0 heterocycles. The molecule has 0 spiro atoms. The van der Waals surface area contributed by atoms with Gasteiger partial charge in [-0.1, -0.05) is 26.8 Å². The number of anilines is 1. The van der Waals surface area contributed by atoms with E-state index in [4.69, 9.17) is 5.73 Å². The molecule has 1 aromatic carbocycles. The van der Waals surface area contributed by atoms with E-state index in [0.717, 1.165) is 5.69 Å². The zero-order chi connectivity index (χ0) is 10.5.